The van der Waals surface area contributed by atoms with Crippen LogP contribution in [0.4, 0.5) is 0 Å². The Morgan fingerprint density at radius 1 is 0.301 bits per heavy atom. The van der Waals surface area contributed by atoms with Gasteiger partial charge in [0.1, 0.15) is 22.9 Å². The normalized spacial score (nSPS) is 16.2. The average molecular weight is 2300 g/mol. The molecule has 36 heteroatoms. The third-order valence-corrected chi connectivity index (χ3v) is 66.8. The molecule has 0 rings (SSSR count). The van der Waals surface area contributed by atoms with Gasteiger partial charge in [-0.05, 0) is 126 Å². The first-order valence-corrected chi connectivity index (χ1v) is 102. The number of aliphatic hydroxyl groups is 11. The van der Waals surface area contributed by atoms with E-state index in [4.69, 9.17) is 37.4 Å². The van der Waals surface area contributed by atoms with Gasteiger partial charge in [0.2, 0.25) is 0 Å². The Kier molecular flexibility index (Phi) is 75.9. The molecule has 7 unspecified atom stereocenters. The fraction of sp³-hybridized carbons (Fsp3) is 0.864. The molecule has 7 atom stereocenters. The first kappa shape index (κ1) is 167. The van der Waals surface area contributed by atoms with Gasteiger partial charge in [0, 0.05) is 91.9 Å². The van der Waals surface area contributed by atoms with Gasteiger partial charge in [0.05, 0.1) is 152 Å². The fourth-order valence-electron chi connectivity index (χ4n) is 17.8. The molecule has 0 aromatic rings. The molecule has 0 amide bonds. The predicted molar refractivity (Wildman–Crippen MR) is 703 cm³/mol. The Hall–Kier alpha value is -1.55. The van der Waals surface area contributed by atoms with E-state index in [1.165, 1.54) is 6.08 Å². The lowest BCUT2D eigenvalue weighted by Crippen LogP contribution is -2.65. The van der Waals surface area contributed by atoms with Crippen molar-refractivity contribution in [2.24, 2.45) is 42.7 Å². The van der Waals surface area contributed by atoms with Gasteiger partial charge in [0.15, 0.2) is 0 Å². The van der Waals surface area contributed by atoms with Gasteiger partial charge in [-0.3, -0.25) is 25.0 Å². The molecular weight excluding hydrogens is 2040 g/mol. The minimum Gasteiger partial charge on any atom is -0.391 e. The molecule has 0 aliphatic carbocycles. The molecule has 0 spiro atoms. The summed E-state index contributed by atoms with van der Waals surface area (Å²) in [6.45, 7) is 141. The van der Waals surface area contributed by atoms with Crippen LogP contribution < -0.4 is 0 Å². The number of nitrogens with one attached hydrogen (secondary N) is 6. The van der Waals surface area contributed by atoms with Crippen molar-refractivity contribution in [1.29, 1.82) is 32.5 Å². The van der Waals surface area contributed by atoms with E-state index in [2.05, 4.69) is 346 Å². The molecule has 0 aromatic carbocycles. The lowest BCUT2D eigenvalue weighted by Gasteiger charge is -2.45. The molecule has 0 aromatic heterocycles. The number of hydrogen-bond donors (Lipinski definition) is 17. The number of aliphatic hydroxyl groups excluding tert-OH is 2. The van der Waals surface area contributed by atoms with Crippen LogP contribution in [0.15, 0.2) is 50.3 Å². The molecule has 146 heavy (non-hydrogen) atoms. The Labute approximate surface area is 920 Å². The minimum atomic E-state index is -1.75. The summed E-state index contributed by atoms with van der Waals surface area (Å²) < 4.78 is 0. The molecule has 0 aliphatic heterocycles. The summed E-state index contributed by atoms with van der Waals surface area (Å²) in [5.41, 5.74) is -6.03. The van der Waals surface area contributed by atoms with Gasteiger partial charge in [0.25, 0.3) is 0 Å². The number of hydrogen-bond acceptors (Lipinski definition) is 22. The van der Waals surface area contributed by atoms with E-state index in [0.717, 1.165) is 82.2 Å². The van der Waals surface area contributed by atoms with Crippen LogP contribution in [0, 0.1) is 50.2 Å². The van der Waals surface area contributed by atoms with Crippen molar-refractivity contribution in [2.75, 3.05) is 21.1 Å². The second-order valence-corrected chi connectivity index (χ2v) is 127. The maximum atomic E-state index is 11.0. The molecular formula is C110H255N11O11Si14. The molecule has 0 saturated carbocycles. The van der Waals surface area contributed by atoms with Gasteiger partial charge < -0.3 is 88.6 Å². The quantitative estimate of drug-likeness (QED) is 0.0154. The largest absolute Gasteiger partial charge is 0.391 e. The highest BCUT2D eigenvalue weighted by Gasteiger charge is 2.53. The highest BCUT2D eigenvalue weighted by atomic mass is 28.4. The Bertz CT molecular complexity index is 3940. The van der Waals surface area contributed by atoms with Gasteiger partial charge in [-0.25, -0.2) is 0 Å². The smallest absolute Gasteiger partial charge is 0.113 e. The monoisotopic (exact) mass is 2300 g/mol. The maximum absolute atomic E-state index is 11.0. The van der Waals surface area contributed by atoms with E-state index in [-0.39, 0.29) is 29.5 Å². The van der Waals surface area contributed by atoms with Crippen LogP contribution in [0.25, 0.3) is 0 Å². The van der Waals surface area contributed by atoms with Gasteiger partial charge in [-0.15, -0.1) is 6.58 Å². The third kappa shape index (κ3) is 57.1. The van der Waals surface area contributed by atoms with Crippen molar-refractivity contribution in [2.45, 2.75) is 578 Å². The number of rotatable bonds is 44. The van der Waals surface area contributed by atoms with Gasteiger partial charge >= 0.3 is 0 Å². The van der Waals surface area contributed by atoms with Crippen molar-refractivity contribution in [3.8, 4) is 0 Å². The van der Waals surface area contributed by atoms with Gasteiger partial charge in [-0.2, -0.15) is 0 Å². The van der Waals surface area contributed by atoms with Crippen molar-refractivity contribution < 1.29 is 56.2 Å². The van der Waals surface area contributed by atoms with E-state index in [1.54, 1.807) is 47.9 Å². The highest BCUT2D eigenvalue weighted by Crippen LogP contribution is 2.38. The van der Waals surface area contributed by atoms with Crippen LogP contribution in [0.3, 0.4) is 0 Å². The summed E-state index contributed by atoms with van der Waals surface area (Å²) in [7, 11) is -16.9. The first-order valence-electron chi connectivity index (χ1n) is 55.2. The van der Waals surface area contributed by atoms with Crippen LogP contribution in [0.2, 0.25) is 272 Å². The van der Waals surface area contributed by atoms with Crippen molar-refractivity contribution in [1.82, 2.24) is 0 Å². The fourth-order valence-corrected chi connectivity index (χ4v) is 52.7. The summed E-state index contributed by atoms with van der Waals surface area (Å²) in [6, 6.07) is 7.21. The molecule has 0 aliphatic rings. The van der Waals surface area contributed by atoms with E-state index in [0.29, 0.717) is 57.3 Å². The van der Waals surface area contributed by atoms with Crippen LogP contribution in [0.1, 0.15) is 232 Å². The maximum Gasteiger partial charge on any atom is 0.113 e. The van der Waals surface area contributed by atoms with Crippen LogP contribution in [-0.2, 0) is 0 Å². The molecule has 0 heterocycles. The molecule has 0 saturated heterocycles. The lowest BCUT2D eigenvalue weighted by atomic mass is 9.81. The summed E-state index contributed by atoms with van der Waals surface area (Å²) in [4.78, 5) is 22.4. The lowest BCUT2D eigenvalue weighted by molar-refractivity contribution is 0.0215. The van der Waals surface area contributed by atoms with Crippen LogP contribution >= 0.6 is 0 Å². The molecule has 0 bridgehead atoms. The topological polar surface area (TPSA) is 427 Å². The number of nitrogens with zero attached hydrogens (tertiary/aromatic N) is 5. The van der Waals surface area contributed by atoms with E-state index >= 15 is 0 Å². The number of aliphatic imine (C=N–C) groups is 5. The second-order valence-electron chi connectivity index (χ2n) is 55.8. The second kappa shape index (κ2) is 66.4. The molecule has 22 nitrogen and oxygen atoms in total. The SMILES string of the molecule is C=CC(C)(O)C(=N)[Si](C)(C)C.C=CC(O)C(=NC(C)C)[Si](C)(C)C.CC(C)(O)C(=N)[Si](C)(C)C.CC(O)(C(=N)[Si](C)(C)C)[Si](C)(C)C.CCC(C)(O)C(=N)[Si](C)(C)C.CCC(O)(C(=NC)[Si](C)(C)C)C(C)C.CCC(O)(CC)C(=N)[Si](C)(C)C.CCC(O)(CC)C(=NC)[Si](C)(C)C.CC[Si](CC)(CC)C(C)(O)C(=N)[Si](C)(C)C.CC[Si](CC)(CC)C(O)C(=NC(C)C)[Si](C)(C)C.CN=C(C(O)(C(C)C)C(C)C)[Si](C)(C)C. The summed E-state index contributed by atoms with van der Waals surface area (Å²) in [5.74, 6) is 0.656. The van der Waals surface area contributed by atoms with Gasteiger partial charge in [-0.1, -0.05) is 415 Å². The molecule has 17 N–H and O–H groups in total. The Balaban J connectivity index is -0.000000153. The minimum absolute atomic E-state index is 0.211. The summed E-state index contributed by atoms with van der Waals surface area (Å²) >= 11 is 0. The highest BCUT2D eigenvalue weighted by molar-refractivity contribution is 7.12. The van der Waals surface area contributed by atoms with Crippen molar-refractivity contribution in [3.63, 3.8) is 0 Å². The zero-order chi connectivity index (χ0) is 121. The third-order valence-electron chi connectivity index (χ3n) is 28.6. The van der Waals surface area contributed by atoms with E-state index < -0.39 is 169 Å². The zero-order valence-electron chi connectivity index (χ0n) is 109. The molecule has 0 radical (unpaired) electrons. The zero-order valence-corrected chi connectivity index (χ0v) is 123. The van der Waals surface area contributed by atoms with Crippen LogP contribution in [-0.4, -0.2) is 323 Å². The van der Waals surface area contributed by atoms with E-state index in [9.17, 15) is 56.2 Å². The summed E-state index contributed by atoms with van der Waals surface area (Å²) in [5, 5.41) is 167. The van der Waals surface area contributed by atoms with Crippen molar-refractivity contribution >= 4 is 172 Å². The molecule has 0 fully saturated rings. The summed E-state index contributed by atoms with van der Waals surface area (Å²) in [6.07, 6.45) is 6.65. The Morgan fingerprint density at radius 3 is 0.685 bits per heavy atom. The molecule has 872 valence electrons. The van der Waals surface area contributed by atoms with E-state index in [1.807, 2.05) is 95.9 Å². The first-order chi connectivity index (χ1) is 63.9. The standard InChI is InChI=1S/C14H33NOSi2.C12H29NOSi2.C12H27NOSi.C11H25NOSi.C10H23NOSi.C10H21NOSi.C9H23NOSi2.C9H21NOSi.C8H19NOSi.C8H17NOSi.C7H17NOSi/c1-9-18(10-2,11-3)14(16)13(15-12(4)5)17(6,7)8;1-8-16(9-2,10-3)12(4,14)11(13)15(5,6)7;1-9(2)12(14,10(3)4)11(13-5)15(6,7)8;1-8-11(13,9(2)3)10(12-4)14(5,6)7;1-7-10(12,8-2)9(11-3)13(4,5)6;1-7-9(12)10(11-8(2)3)13(4,5)6;1-9(11,13(5,6)7)8(10)12(2,3)4;1-6-9(11,7-2)8(10)12(3,4)5;2*1-6-8(2,10)7(9)11(3,4)5;1-7(2,9)6(8)10(3,4)5/h12,14,16H,9-11H2,1-8H3;13-14H,8-10H2,1-7H3;9-10,14H,1-8H3;9,13H,8H2,1-7H3;12H,7-8H2,1-6H3;7-9,12H,1H2,2-6H3;10-11H,1-7H3;10-11H,6-7H2,1-5H3;9-10H,6H2,1-5H3;6,9-10H,1H2,2-5H3;8-9H,1-5H3. The van der Waals surface area contributed by atoms with Crippen LogP contribution in [0.5, 0.6) is 0 Å². The predicted octanol–water partition coefficient (Wildman–Crippen LogP) is 28.7. The average Bonchev–Trinajstić information content (AvgIpc) is 0.765. The van der Waals surface area contributed by atoms with Crippen molar-refractivity contribution in [3.05, 3.63) is 25.3 Å². The Morgan fingerprint density at radius 2 is 0.568 bits per heavy atom.